The lowest BCUT2D eigenvalue weighted by Gasteiger charge is -2.23. The van der Waals surface area contributed by atoms with Gasteiger partial charge in [-0.15, -0.1) is 0 Å². The molecule has 0 saturated heterocycles. The van der Waals surface area contributed by atoms with Gasteiger partial charge in [-0.05, 0) is 110 Å². The quantitative estimate of drug-likeness (QED) is 0.129. The summed E-state index contributed by atoms with van der Waals surface area (Å²) in [5.41, 5.74) is 3.80. The van der Waals surface area contributed by atoms with Gasteiger partial charge in [-0.3, -0.25) is 0 Å². The van der Waals surface area contributed by atoms with Gasteiger partial charge >= 0.3 is 12.4 Å². The molecule has 52 heavy (non-hydrogen) atoms. The lowest BCUT2D eigenvalue weighted by atomic mass is 9.95. The van der Waals surface area contributed by atoms with Crippen LogP contribution >= 0.6 is 0 Å². The molecule has 0 amide bonds. The number of halogens is 6. The molecular weight excluding hydrogens is 672 g/mol. The van der Waals surface area contributed by atoms with Crippen LogP contribution in [0.3, 0.4) is 0 Å². The van der Waals surface area contributed by atoms with Crippen molar-refractivity contribution < 1.29 is 26.3 Å². The van der Waals surface area contributed by atoms with E-state index in [9.17, 15) is 13.2 Å². The fraction of sp³-hybridized carbons (Fsp3) is 0.140. The van der Waals surface area contributed by atoms with E-state index in [1.54, 1.807) is 9.13 Å². The second-order valence-electron chi connectivity index (χ2n) is 13.3. The summed E-state index contributed by atoms with van der Waals surface area (Å²) >= 11 is 0. The molecule has 0 aliphatic heterocycles. The van der Waals surface area contributed by atoms with E-state index in [1.165, 1.54) is 6.07 Å². The molecule has 0 unspecified atom stereocenters. The minimum absolute atomic E-state index is 0.0339. The molecule has 0 aliphatic carbocycles. The van der Waals surface area contributed by atoms with Crippen LogP contribution < -0.4 is 0 Å². The third-order valence-corrected chi connectivity index (χ3v) is 10.0. The summed E-state index contributed by atoms with van der Waals surface area (Å²) in [6.07, 6.45) is -9.66. The standard InChI is InChI=1S/C43H29F6N3/c1-23-10-6-14-31-37(23)38-24(2)11-7-15-32(38)51(31)35-21-29(43(47,48)49)22-36(41(35)27-18-28(42(44,45)46)20-30(19-27)50-5)52-33-16-8-12-25(3)39(33)40-26(4)13-9-17-34(40)52/h6-22H,1-4H3. The molecule has 0 fully saturated rings. The van der Waals surface area contributed by atoms with E-state index in [-0.39, 0.29) is 28.2 Å². The Hall–Kier alpha value is -6.01. The van der Waals surface area contributed by atoms with Crippen LogP contribution in [0.1, 0.15) is 33.4 Å². The molecule has 6 aromatic carbocycles. The lowest BCUT2D eigenvalue weighted by molar-refractivity contribution is -0.138. The number of fused-ring (bicyclic) bond motifs is 6. The largest absolute Gasteiger partial charge is 0.416 e. The number of aromatic nitrogens is 2. The molecule has 0 N–H and O–H groups in total. The van der Waals surface area contributed by atoms with E-state index >= 15 is 13.2 Å². The summed E-state index contributed by atoms with van der Waals surface area (Å²) in [5, 5.41) is 3.31. The smallest absolute Gasteiger partial charge is 0.309 e. The highest BCUT2D eigenvalue weighted by Crippen LogP contribution is 2.48. The number of alkyl halides is 6. The Kier molecular flexibility index (Phi) is 7.33. The van der Waals surface area contributed by atoms with Gasteiger partial charge in [0.05, 0.1) is 45.6 Å². The maximum Gasteiger partial charge on any atom is 0.416 e. The average Bonchev–Trinajstić information content (AvgIpc) is 3.62. The Labute approximate surface area is 294 Å². The van der Waals surface area contributed by atoms with E-state index in [1.807, 2.05) is 100 Å². The Bertz CT molecular complexity index is 2560. The molecule has 258 valence electrons. The first kappa shape index (κ1) is 33.2. The van der Waals surface area contributed by atoms with Gasteiger partial charge in [0, 0.05) is 32.7 Å². The Morgan fingerprint density at radius 3 is 1.15 bits per heavy atom. The van der Waals surface area contributed by atoms with Gasteiger partial charge in [0.15, 0.2) is 5.69 Å². The van der Waals surface area contributed by atoms with Crippen LogP contribution in [0.15, 0.2) is 103 Å². The fourth-order valence-corrected chi connectivity index (χ4v) is 7.84. The van der Waals surface area contributed by atoms with Gasteiger partial charge in [0.25, 0.3) is 0 Å². The van der Waals surface area contributed by atoms with Crippen LogP contribution in [0, 0.1) is 34.3 Å². The van der Waals surface area contributed by atoms with Crippen LogP contribution in [0.2, 0.25) is 0 Å². The van der Waals surface area contributed by atoms with Crippen LogP contribution in [-0.4, -0.2) is 9.13 Å². The second kappa shape index (κ2) is 11.5. The monoisotopic (exact) mass is 701 g/mol. The molecule has 2 heterocycles. The van der Waals surface area contributed by atoms with E-state index in [0.717, 1.165) is 68.1 Å². The lowest BCUT2D eigenvalue weighted by Crippen LogP contribution is -2.12. The zero-order valence-electron chi connectivity index (χ0n) is 28.4. The van der Waals surface area contributed by atoms with Crippen LogP contribution in [0.25, 0.3) is 71.0 Å². The average molecular weight is 702 g/mol. The Balaban J connectivity index is 1.68. The van der Waals surface area contributed by atoms with Crippen molar-refractivity contribution in [3.63, 3.8) is 0 Å². The number of nitrogens with zero attached hydrogens (tertiary/aromatic N) is 3. The second-order valence-corrected chi connectivity index (χ2v) is 13.3. The van der Waals surface area contributed by atoms with E-state index < -0.39 is 23.5 Å². The van der Waals surface area contributed by atoms with Gasteiger partial charge in [0.2, 0.25) is 0 Å². The van der Waals surface area contributed by atoms with Crippen molar-refractivity contribution in [3.8, 4) is 22.5 Å². The number of rotatable bonds is 3. The molecule has 8 rings (SSSR count). The van der Waals surface area contributed by atoms with Crippen LogP contribution in [0.4, 0.5) is 32.0 Å². The molecule has 0 bridgehead atoms. The minimum atomic E-state index is -4.83. The SMILES string of the molecule is [C-]#[N+]c1cc(-c2c(-n3c4cccc(C)c4c4c(C)cccc43)cc(C(F)(F)F)cc2-n2c3cccc(C)c3c3c(C)cccc32)cc(C(F)(F)F)c1. The first-order valence-electron chi connectivity index (χ1n) is 16.5. The van der Waals surface area contributed by atoms with Gasteiger partial charge in [-0.2, -0.15) is 26.3 Å². The fourth-order valence-electron chi connectivity index (χ4n) is 7.84. The third-order valence-electron chi connectivity index (χ3n) is 10.0. The molecular formula is C43H29F6N3. The van der Waals surface area contributed by atoms with E-state index in [0.29, 0.717) is 22.1 Å². The highest BCUT2D eigenvalue weighted by atomic mass is 19.4. The van der Waals surface area contributed by atoms with Crippen molar-refractivity contribution in [1.82, 2.24) is 9.13 Å². The Morgan fingerprint density at radius 1 is 0.481 bits per heavy atom. The minimum Gasteiger partial charge on any atom is -0.309 e. The zero-order chi connectivity index (χ0) is 36.9. The van der Waals surface area contributed by atoms with Gasteiger partial charge in [-0.1, -0.05) is 48.5 Å². The molecule has 2 aromatic heterocycles. The summed E-state index contributed by atoms with van der Waals surface area (Å²) in [5.74, 6) is 0. The van der Waals surface area contributed by atoms with Gasteiger partial charge in [-0.25, -0.2) is 4.85 Å². The van der Waals surface area contributed by atoms with Crippen molar-refractivity contribution in [2.45, 2.75) is 40.0 Å². The number of benzene rings is 6. The first-order chi connectivity index (χ1) is 24.7. The van der Waals surface area contributed by atoms with Crippen molar-refractivity contribution in [2.24, 2.45) is 0 Å². The molecule has 0 radical (unpaired) electrons. The zero-order valence-corrected chi connectivity index (χ0v) is 28.4. The Morgan fingerprint density at radius 2 is 0.827 bits per heavy atom. The first-order valence-corrected chi connectivity index (χ1v) is 16.5. The van der Waals surface area contributed by atoms with Crippen molar-refractivity contribution >= 4 is 49.3 Å². The van der Waals surface area contributed by atoms with Gasteiger partial charge in [0.1, 0.15) is 0 Å². The van der Waals surface area contributed by atoms with Crippen molar-refractivity contribution in [1.29, 1.82) is 0 Å². The normalized spacial score (nSPS) is 12.4. The topological polar surface area (TPSA) is 14.2 Å². The van der Waals surface area contributed by atoms with Crippen LogP contribution in [0.5, 0.6) is 0 Å². The summed E-state index contributed by atoms with van der Waals surface area (Å²) in [6, 6.07) is 27.3. The van der Waals surface area contributed by atoms with E-state index in [2.05, 4.69) is 4.85 Å². The summed E-state index contributed by atoms with van der Waals surface area (Å²) < 4.78 is 92.6. The molecule has 3 nitrogen and oxygen atoms in total. The maximum absolute atomic E-state index is 15.2. The molecule has 0 atom stereocenters. The molecule has 0 saturated carbocycles. The van der Waals surface area contributed by atoms with Crippen LogP contribution in [-0.2, 0) is 12.4 Å². The summed E-state index contributed by atoms with van der Waals surface area (Å²) in [4.78, 5) is 3.38. The summed E-state index contributed by atoms with van der Waals surface area (Å²) in [6.45, 7) is 15.4. The highest BCUT2D eigenvalue weighted by molar-refractivity contribution is 6.15. The molecule has 0 aliphatic rings. The molecule has 8 aromatic rings. The van der Waals surface area contributed by atoms with Gasteiger partial charge < -0.3 is 9.13 Å². The predicted molar refractivity (Wildman–Crippen MR) is 196 cm³/mol. The van der Waals surface area contributed by atoms with E-state index in [4.69, 9.17) is 6.57 Å². The van der Waals surface area contributed by atoms with Crippen molar-refractivity contribution in [2.75, 3.05) is 0 Å². The number of aryl methyl sites for hydroxylation is 4. The predicted octanol–water partition coefficient (Wildman–Crippen LogP) is 13.4. The highest BCUT2D eigenvalue weighted by Gasteiger charge is 2.36. The number of hydrogen-bond donors (Lipinski definition) is 0. The third kappa shape index (κ3) is 4.96. The molecule has 9 heteroatoms. The van der Waals surface area contributed by atoms with Crippen molar-refractivity contribution in [3.05, 3.63) is 148 Å². The maximum atomic E-state index is 15.2. The number of hydrogen-bond acceptors (Lipinski definition) is 0. The summed E-state index contributed by atoms with van der Waals surface area (Å²) in [7, 11) is 0. The molecule has 0 spiro atoms.